The van der Waals surface area contributed by atoms with Gasteiger partial charge in [0.15, 0.2) is 0 Å². The largest absolute Gasteiger partial charge is 0.330 e. The van der Waals surface area contributed by atoms with Crippen LogP contribution in [0.4, 0.5) is 0 Å². The van der Waals surface area contributed by atoms with E-state index in [0.717, 1.165) is 17.8 Å². The molecule has 0 saturated heterocycles. The van der Waals surface area contributed by atoms with Gasteiger partial charge in [0.1, 0.15) is 5.82 Å². The second-order valence-corrected chi connectivity index (χ2v) is 2.18. The smallest absolute Gasteiger partial charge is 0.125 e. The van der Waals surface area contributed by atoms with Crippen molar-refractivity contribution in [1.82, 2.24) is 9.97 Å². The quantitative estimate of drug-likeness (QED) is 0.717. The topological polar surface area (TPSA) is 51.8 Å². The second kappa shape index (κ2) is 5.04. The maximum atomic E-state index is 5.34. The zero-order valence-electron chi connectivity index (χ0n) is 6.45. The van der Waals surface area contributed by atoms with E-state index in [0.29, 0.717) is 6.54 Å². The van der Waals surface area contributed by atoms with Crippen molar-refractivity contribution >= 4 is 12.4 Å². The first-order valence-electron chi connectivity index (χ1n) is 3.30. The fourth-order valence-electron chi connectivity index (χ4n) is 0.715. The van der Waals surface area contributed by atoms with Gasteiger partial charge in [0.05, 0.1) is 0 Å². The standard InChI is InChI=1S/C7H11N3.ClH/c1-6-9-4-7(2-3-8)5-10-6;/h4-5H,2-3,8H2,1H3;1H. The molecule has 0 aliphatic rings. The Kier molecular flexibility index (Phi) is 4.74. The van der Waals surface area contributed by atoms with Crippen LogP contribution in [-0.2, 0) is 6.42 Å². The summed E-state index contributed by atoms with van der Waals surface area (Å²) in [6, 6.07) is 0. The normalized spacial score (nSPS) is 8.91. The number of nitrogens with zero attached hydrogens (tertiary/aromatic N) is 2. The Morgan fingerprint density at radius 3 is 2.36 bits per heavy atom. The molecule has 62 valence electrons. The van der Waals surface area contributed by atoms with Crippen LogP contribution in [-0.4, -0.2) is 16.5 Å². The average Bonchev–Trinajstić information content (AvgIpc) is 1.95. The molecule has 0 aliphatic heterocycles. The van der Waals surface area contributed by atoms with Crippen LogP contribution < -0.4 is 5.73 Å². The molecule has 11 heavy (non-hydrogen) atoms. The summed E-state index contributed by atoms with van der Waals surface area (Å²) in [4.78, 5) is 8.06. The molecule has 1 aromatic rings. The van der Waals surface area contributed by atoms with E-state index in [9.17, 15) is 0 Å². The fourth-order valence-corrected chi connectivity index (χ4v) is 0.715. The van der Waals surface area contributed by atoms with E-state index in [4.69, 9.17) is 5.73 Å². The van der Waals surface area contributed by atoms with Gasteiger partial charge in [0, 0.05) is 12.4 Å². The third-order valence-corrected chi connectivity index (χ3v) is 1.27. The Hall–Kier alpha value is -0.670. The second-order valence-electron chi connectivity index (χ2n) is 2.18. The zero-order chi connectivity index (χ0) is 7.40. The molecule has 0 spiro atoms. The van der Waals surface area contributed by atoms with E-state index in [1.54, 1.807) is 0 Å². The summed E-state index contributed by atoms with van der Waals surface area (Å²) in [5, 5.41) is 0. The Labute approximate surface area is 72.5 Å². The number of hydrogen-bond acceptors (Lipinski definition) is 3. The lowest BCUT2D eigenvalue weighted by Gasteiger charge is -1.95. The van der Waals surface area contributed by atoms with Crippen LogP contribution in [0.2, 0.25) is 0 Å². The third-order valence-electron chi connectivity index (χ3n) is 1.27. The number of rotatable bonds is 2. The summed E-state index contributed by atoms with van der Waals surface area (Å²) in [6.45, 7) is 2.53. The highest BCUT2D eigenvalue weighted by molar-refractivity contribution is 5.85. The Bertz CT molecular complexity index is 197. The van der Waals surface area contributed by atoms with E-state index < -0.39 is 0 Å². The molecule has 0 radical (unpaired) electrons. The lowest BCUT2D eigenvalue weighted by Crippen LogP contribution is -2.03. The van der Waals surface area contributed by atoms with Crippen molar-refractivity contribution < 1.29 is 0 Å². The van der Waals surface area contributed by atoms with Crippen molar-refractivity contribution in [3.8, 4) is 0 Å². The molecule has 0 aromatic carbocycles. The lowest BCUT2D eigenvalue weighted by molar-refractivity contribution is 0.924. The summed E-state index contributed by atoms with van der Waals surface area (Å²) < 4.78 is 0. The van der Waals surface area contributed by atoms with E-state index >= 15 is 0 Å². The van der Waals surface area contributed by atoms with Crippen LogP contribution in [0.25, 0.3) is 0 Å². The lowest BCUT2D eigenvalue weighted by atomic mass is 10.2. The number of aromatic nitrogens is 2. The van der Waals surface area contributed by atoms with Gasteiger partial charge in [-0.15, -0.1) is 12.4 Å². The van der Waals surface area contributed by atoms with Crippen molar-refractivity contribution in [2.24, 2.45) is 5.73 Å². The minimum atomic E-state index is 0. The molecule has 0 atom stereocenters. The molecule has 2 N–H and O–H groups in total. The van der Waals surface area contributed by atoms with Gasteiger partial charge >= 0.3 is 0 Å². The Morgan fingerprint density at radius 2 is 1.91 bits per heavy atom. The van der Waals surface area contributed by atoms with Crippen molar-refractivity contribution in [3.05, 3.63) is 23.8 Å². The minimum absolute atomic E-state index is 0. The first-order chi connectivity index (χ1) is 4.83. The fraction of sp³-hybridized carbons (Fsp3) is 0.429. The molecule has 3 nitrogen and oxygen atoms in total. The molecule has 1 rings (SSSR count). The summed E-state index contributed by atoms with van der Waals surface area (Å²) in [5.41, 5.74) is 6.45. The molecule has 1 heterocycles. The summed E-state index contributed by atoms with van der Waals surface area (Å²) in [7, 11) is 0. The molecule has 0 aliphatic carbocycles. The predicted molar refractivity (Wildman–Crippen MR) is 46.8 cm³/mol. The summed E-state index contributed by atoms with van der Waals surface area (Å²) in [5.74, 6) is 0.806. The van der Waals surface area contributed by atoms with Gasteiger partial charge in [0.2, 0.25) is 0 Å². The average molecular weight is 174 g/mol. The number of aryl methyl sites for hydroxylation is 1. The van der Waals surface area contributed by atoms with Crippen LogP contribution in [0, 0.1) is 6.92 Å². The molecule has 0 saturated carbocycles. The van der Waals surface area contributed by atoms with Crippen LogP contribution in [0.1, 0.15) is 11.4 Å². The highest BCUT2D eigenvalue weighted by Gasteiger charge is 1.90. The van der Waals surface area contributed by atoms with E-state index in [2.05, 4.69) is 9.97 Å². The predicted octanol–water partition coefficient (Wildman–Crippen LogP) is 0.708. The Balaban J connectivity index is 0.000001000. The van der Waals surface area contributed by atoms with Gasteiger partial charge in [-0.2, -0.15) is 0 Å². The van der Waals surface area contributed by atoms with Crippen molar-refractivity contribution in [3.63, 3.8) is 0 Å². The number of hydrogen-bond donors (Lipinski definition) is 1. The first kappa shape index (κ1) is 10.3. The summed E-state index contributed by atoms with van der Waals surface area (Å²) >= 11 is 0. The Morgan fingerprint density at radius 1 is 1.36 bits per heavy atom. The van der Waals surface area contributed by atoms with E-state index in [1.807, 2.05) is 19.3 Å². The van der Waals surface area contributed by atoms with E-state index in [1.165, 1.54) is 0 Å². The molecule has 0 amide bonds. The first-order valence-corrected chi connectivity index (χ1v) is 3.30. The van der Waals surface area contributed by atoms with E-state index in [-0.39, 0.29) is 12.4 Å². The van der Waals surface area contributed by atoms with Crippen molar-refractivity contribution in [2.75, 3.05) is 6.54 Å². The highest BCUT2D eigenvalue weighted by atomic mass is 35.5. The molecule has 0 fully saturated rings. The number of nitrogens with two attached hydrogens (primary N) is 1. The molecule has 1 aromatic heterocycles. The van der Waals surface area contributed by atoms with Gasteiger partial charge in [-0.05, 0) is 25.5 Å². The minimum Gasteiger partial charge on any atom is -0.330 e. The monoisotopic (exact) mass is 173 g/mol. The van der Waals surface area contributed by atoms with Crippen molar-refractivity contribution in [2.45, 2.75) is 13.3 Å². The molecular weight excluding hydrogens is 162 g/mol. The van der Waals surface area contributed by atoms with Gasteiger partial charge in [-0.25, -0.2) is 9.97 Å². The summed E-state index contributed by atoms with van der Waals surface area (Å²) in [6.07, 6.45) is 4.49. The number of halogens is 1. The van der Waals surface area contributed by atoms with Gasteiger partial charge in [-0.1, -0.05) is 0 Å². The van der Waals surface area contributed by atoms with Crippen LogP contribution in [0.3, 0.4) is 0 Å². The van der Waals surface area contributed by atoms with Crippen LogP contribution in [0.15, 0.2) is 12.4 Å². The SMILES string of the molecule is Cc1ncc(CCN)cn1.Cl. The molecule has 0 bridgehead atoms. The maximum Gasteiger partial charge on any atom is 0.125 e. The molecule has 0 unspecified atom stereocenters. The molecular formula is C7H12ClN3. The molecule has 4 heteroatoms. The van der Waals surface area contributed by atoms with Crippen LogP contribution in [0.5, 0.6) is 0 Å². The van der Waals surface area contributed by atoms with Gasteiger partial charge in [0.25, 0.3) is 0 Å². The zero-order valence-corrected chi connectivity index (χ0v) is 7.27. The third kappa shape index (κ3) is 3.30. The van der Waals surface area contributed by atoms with Crippen LogP contribution >= 0.6 is 12.4 Å². The van der Waals surface area contributed by atoms with Gasteiger partial charge in [-0.3, -0.25) is 0 Å². The van der Waals surface area contributed by atoms with Crippen molar-refractivity contribution in [1.29, 1.82) is 0 Å². The highest BCUT2D eigenvalue weighted by Crippen LogP contribution is 1.94. The van der Waals surface area contributed by atoms with Gasteiger partial charge < -0.3 is 5.73 Å². The maximum absolute atomic E-state index is 5.34.